The number of piperidine rings is 1. The number of fused-ring (bicyclic) bond motifs is 1. The van der Waals surface area contributed by atoms with Crippen LogP contribution in [0, 0.1) is 5.82 Å². The van der Waals surface area contributed by atoms with Gasteiger partial charge in [-0.3, -0.25) is 9.59 Å². The average molecular weight is 392 g/mol. The van der Waals surface area contributed by atoms with Gasteiger partial charge in [0.1, 0.15) is 11.5 Å². The molecule has 1 saturated heterocycles. The molecular formula is C22H34FN3O2. The molecule has 0 spiro atoms. The second-order valence-electron chi connectivity index (χ2n) is 6.80. The predicted molar refractivity (Wildman–Crippen MR) is 113 cm³/mol. The van der Waals surface area contributed by atoms with Crippen LogP contribution in [0.15, 0.2) is 18.2 Å². The first kappa shape index (κ1) is 23.7. The molecule has 1 aromatic heterocycles. The lowest BCUT2D eigenvalue weighted by atomic mass is 10.1. The molecule has 2 aromatic rings. The van der Waals surface area contributed by atoms with Crippen molar-refractivity contribution in [2.24, 2.45) is 0 Å². The van der Waals surface area contributed by atoms with Crippen LogP contribution in [0.25, 0.3) is 10.9 Å². The van der Waals surface area contributed by atoms with E-state index in [1.165, 1.54) is 30.2 Å². The third-order valence-electron chi connectivity index (χ3n) is 4.65. The maximum atomic E-state index is 13.6. The van der Waals surface area contributed by atoms with Crippen LogP contribution >= 0.6 is 0 Å². The Bertz CT molecular complexity index is 777. The highest BCUT2D eigenvalue weighted by Gasteiger charge is 2.15. The lowest BCUT2D eigenvalue weighted by Crippen LogP contribution is -2.33. The summed E-state index contributed by atoms with van der Waals surface area (Å²) in [5, 5.41) is 0.790. The van der Waals surface area contributed by atoms with Crippen molar-refractivity contribution in [1.82, 2.24) is 14.8 Å². The summed E-state index contributed by atoms with van der Waals surface area (Å²) in [5.41, 5.74) is 1.87. The Morgan fingerprint density at radius 1 is 1.14 bits per heavy atom. The maximum Gasteiger partial charge on any atom is 0.269 e. The van der Waals surface area contributed by atoms with E-state index in [0.717, 1.165) is 30.5 Å². The number of hydrogen-bond acceptors (Lipinski definition) is 2. The van der Waals surface area contributed by atoms with Gasteiger partial charge >= 0.3 is 0 Å². The minimum atomic E-state index is -0.324. The van der Waals surface area contributed by atoms with Crippen LogP contribution < -0.4 is 0 Å². The van der Waals surface area contributed by atoms with Gasteiger partial charge in [-0.05, 0) is 43.4 Å². The van der Waals surface area contributed by atoms with Gasteiger partial charge in [0.2, 0.25) is 5.91 Å². The number of aromatic amines is 1. The molecule has 1 aromatic carbocycles. The third kappa shape index (κ3) is 6.08. The van der Waals surface area contributed by atoms with E-state index in [4.69, 9.17) is 0 Å². The van der Waals surface area contributed by atoms with E-state index in [0.29, 0.717) is 11.2 Å². The fourth-order valence-corrected chi connectivity index (χ4v) is 3.12. The molecule has 1 aliphatic rings. The van der Waals surface area contributed by atoms with E-state index in [1.807, 2.05) is 25.7 Å². The van der Waals surface area contributed by atoms with Crippen LogP contribution in [0.1, 0.15) is 63.0 Å². The number of carbonyl (C=O) groups excluding carboxylic acids is 2. The molecule has 0 saturated carbocycles. The lowest BCUT2D eigenvalue weighted by molar-refractivity contribution is -0.129. The summed E-state index contributed by atoms with van der Waals surface area (Å²) in [4.78, 5) is 28.8. The lowest BCUT2D eigenvalue weighted by Gasteiger charge is -2.24. The number of nitrogens with zero attached hydrogens (tertiary/aromatic N) is 2. The van der Waals surface area contributed by atoms with Gasteiger partial charge in [-0.2, -0.15) is 0 Å². The first-order chi connectivity index (χ1) is 13.3. The van der Waals surface area contributed by atoms with Crippen molar-refractivity contribution in [2.45, 2.75) is 53.4 Å². The molecule has 2 heterocycles. The molecule has 6 heteroatoms. The number of hydrogen-bond donors (Lipinski definition) is 1. The largest absolute Gasteiger partial charge is 0.348 e. The van der Waals surface area contributed by atoms with Gasteiger partial charge in [-0.1, -0.05) is 26.8 Å². The molecule has 1 aliphatic heterocycles. The van der Waals surface area contributed by atoms with Gasteiger partial charge in [0.05, 0.1) is 5.52 Å². The zero-order valence-corrected chi connectivity index (χ0v) is 18.1. The number of nitrogens with one attached hydrogen (secondary N) is 1. The molecule has 0 unspecified atom stereocenters. The van der Waals surface area contributed by atoms with E-state index in [2.05, 4.69) is 4.98 Å². The molecular weight excluding hydrogens is 357 g/mol. The Kier molecular flexibility index (Phi) is 9.69. The fourth-order valence-electron chi connectivity index (χ4n) is 3.12. The summed E-state index contributed by atoms with van der Waals surface area (Å²) >= 11 is 0. The summed E-state index contributed by atoms with van der Waals surface area (Å²) in [5.74, 6) is -0.243. The number of H-pyrrole nitrogens is 1. The number of halogens is 1. The Balaban J connectivity index is 0.000000301. The van der Waals surface area contributed by atoms with Gasteiger partial charge in [0.25, 0.3) is 5.91 Å². The Labute approximate surface area is 167 Å². The minimum Gasteiger partial charge on any atom is -0.348 e. The quantitative estimate of drug-likeness (QED) is 0.812. The zero-order valence-electron chi connectivity index (χ0n) is 18.1. The topological polar surface area (TPSA) is 56.4 Å². The minimum absolute atomic E-state index is 0.150. The molecule has 0 atom stereocenters. The maximum absolute atomic E-state index is 13.6. The highest BCUT2D eigenvalue weighted by molar-refractivity contribution is 5.98. The second kappa shape index (κ2) is 11.5. The summed E-state index contributed by atoms with van der Waals surface area (Å²) in [6.07, 6.45) is 4.49. The van der Waals surface area contributed by atoms with Crippen molar-refractivity contribution < 1.29 is 14.0 Å². The van der Waals surface area contributed by atoms with Crippen LogP contribution in [0.2, 0.25) is 0 Å². The number of aromatic nitrogens is 1. The molecule has 0 radical (unpaired) electrons. The number of aryl methyl sites for hydroxylation is 1. The van der Waals surface area contributed by atoms with Crippen LogP contribution in [0.4, 0.5) is 4.39 Å². The number of amides is 2. The van der Waals surface area contributed by atoms with Crippen LogP contribution in [0.3, 0.4) is 0 Å². The third-order valence-corrected chi connectivity index (χ3v) is 4.65. The van der Waals surface area contributed by atoms with E-state index in [-0.39, 0.29) is 17.6 Å². The van der Waals surface area contributed by atoms with E-state index in [1.54, 1.807) is 33.2 Å². The molecule has 28 heavy (non-hydrogen) atoms. The van der Waals surface area contributed by atoms with Crippen molar-refractivity contribution in [1.29, 1.82) is 0 Å². The number of benzene rings is 1. The van der Waals surface area contributed by atoms with Crippen LogP contribution in [-0.4, -0.2) is 53.8 Å². The van der Waals surface area contributed by atoms with Crippen molar-refractivity contribution >= 4 is 22.7 Å². The van der Waals surface area contributed by atoms with E-state index >= 15 is 0 Å². The highest BCUT2D eigenvalue weighted by Crippen LogP contribution is 2.23. The molecule has 0 bridgehead atoms. The monoisotopic (exact) mass is 391 g/mol. The summed E-state index contributed by atoms with van der Waals surface area (Å²) in [7, 11) is 3.34. The van der Waals surface area contributed by atoms with Crippen molar-refractivity contribution in [3.05, 3.63) is 35.3 Å². The number of likely N-dealkylation sites (tertiary alicyclic amines) is 1. The smallest absolute Gasteiger partial charge is 0.269 e. The summed E-state index contributed by atoms with van der Waals surface area (Å²) < 4.78 is 13.6. The van der Waals surface area contributed by atoms with E-state index in [9.17, 15) is 14.0 Å². The first-order valence-electron chi connectivity index (χ1n) is 10.1. The SMILES string of the molecule is CC.CC(=O)N1CCCCC1.CCc1ccc(F)c2[nH]c(C(=O)N(C)C)cc12. The number of carbonyl (C=O) groups is 2. The molecule has 5 nitrogen and oxygen atoms in total. The summed E-state index contributed by atoms with van der Waals surface area (Å²) in [6.45, 7) is 9.61. The molecule has 1 fully saturated rings. The standard InChI is InChI=1S/C13H15FN2O.C7H13NO.C2H6/c1-4-8-5-6-10(14)12-9(8)7-11(15-12)13(17)16(2)3;1-7(9)8-5-3-2-4-6-8;1-2/h5-7,15H,4H2,1-3H3;2-6H2,1H3;1-2H3. The van der Waals surface area contributed by atoms with Crippen molar-refractivity contribution in [2.75, 3.05) is 27.2 Å². The molecule has 156 valence electrons. The van der Waals surface area contributed by atoms with Crippen molar-refractivity contribution in [3.63, 3.8) is 0 Å². The summed E-state index contributed by atoms with van der Waals surface area (Å²) in [6, 6.07) is 4.91. The van der Waals surface area contributed by atoms with Crippen LogP contribution in [-0.2, 0) is 11.2 Å². The zero-order chi connectivity index (χ0) is 21.3. The Hall–Kier alpha value is -2.37. The van der Waals surface area contributed by atoms with Crippen LogP contribution in [0.5, 0.6) is 0 Å². The normalized spacial score (nSPS) is 13.2. The fraction of sp³-hybridized carbons (Fsp3) is 0.545. The average Bonchev–Trinajstić information content (AvgIpc) is 3.16. The van der Waals surface area contributed by atoms with Gasteiger partial charge < -0.3 is 14.8 Å². The van der Waals surface area contributed by atoms with Gasteiger partial charge in [-0.15, -0.1) is 0 Å². The molecule has 3 rings (SSSR count). The van der Waals surface area contributed by atoms with Gasteiger partial charge in [0.15, 0.2) is 0 Å². The Morgan fingerprint density at radius 2 is 1.75 bits per heavy atom. The number of rotatable bonds is 2. The predicted octanol–water partition coefficient (Wildman–Crippen LogP) is 4.62. The van der Waals surface area contributed by atoms with E-state index < -0.39 is 0 Å². The Morgan fingerprint density at radius 3 is 2.21 bits per heavy atom. The second-order valence-corrected chi connectivity index (χ2v) is 6.80. The van der Waals surface area contributed by atoms with Gasteiger partial charge in [-0.25, -0.2) is 4.39 Å². The first-order valence-corrected chi connectivity index (χ1v) is 10.1. The highest BCUT2D eigenvalue weighted by atomic mass is 19.1. The van der Waals surface area contributed by atoms with Crippen molar-refractivity contribution in [3.8, 4) is 0 Å². The van der Waals surface area contributed by atoms with Gasteiger partial charge in [0, 0.05) is 39.5 Å². The molecule has 2 amide bonds. The molecule has 0 aliphatic carbocycles. The molecule has 1 N–H and O–H groups in total.